The number of amides is 1. The highest BCUT2D eigenvalue weighted by atomic mass is 35.5. The third kappa shape index (κ3) is 5.13. The lowest BCUT2D eigenvalue weighted by atomic mass is 9.73. The molecule has 178 valence electrons. The van der Waals surface area contributed by atoms with E-state index < -0.39 is 11.7 Å². The van der Waals surface area contributed by atoms with Crippen LogP contribution in [-0.2, 0) is 14.9 Å². The van der Waals surface area contributed by atoms with E-state index in [1.54, 1.807) is 4.90 Å². The Labute approximate surface area is 201 Å². The van der Waals surface area contributed by atoms with E-state index in [2.05, 4.69) is 18.7 Å². The quantitative estimate of drug-likeness (QED) is 0.566. The summed E-state index contributed by atoms with van der Waals surface area (Å²) in [5.41, 5.74) is 2.59. The van der Waals surface area contributed by atoms with Crippen LogP contribution in [0.15, 0.2) is 36.4 Å². The monoisotopic (exact) mass is 472 g/mol. The number of hydrogen-bond donors (Lipinski definition) is 0. The van der Waals surface area contributed by atoms with Gasteiger partial charge in [0.25, 0.3) is 0 Å². The molecule has 0 spiro atoms. The lowest BCUT2D eigenvalue weighted by Crippen LogP contribution is -2.40. The molecule has 0 aliphatic carbocycles. The maximum absolute atomic E-state index is 13.4. The number of nitrogens with zero attached hydrogens (tertiary/aromatic N) is 2. The molecule has 4 rings (SSSR count). The van der Waals surface area contributed by atoms with Crippen molar-refractivity contribution in [3.8, 4) is 5.75 Å². The lowest BCUT2D eigenvalue weighted by Gasteiger charge is -2.41. The lowest BCUT2D eigenvalue weighted by molar-refractivity contribution is 0.0322. The number of halogens is 1. The van der Waals surface area contributed by atoms with Gasteiger partial charge in [-0.1, -0.05) is 37.6 Å². The van der Waals surface area contributed by atoms with E-state index in [-0.39, 0.29) is 5.41 Å². The molecule has 0 radical (unpaired) electrons. The van der Waals surface area contributed by atoms with Crippen LogP contribution in [0.5, 0.6) is 5.75 Å². The van der Waals surface area contributed by atoms with E-state index in [1.165, 1.54) is 0 Å². The van der Waals surface area contributed by atoms with Gasteiger partial charge in [0.1, 0.15) is 18.0 Å². The first-order valence-corrected chi connectivity index (χ1v) is 11.8. The van der Waals surface area contributed by atoms with Crippen LogP contribution in [0, 0.1) is 0 Å². The Balaban J connectivity index is 1.67. The van der Waals surface area contributed by atoms with E-state index in [9.17, 15) is 4.79 Å². The second-order valence-electron chi connectivity index (χ2n) is 10.1. The van der Waals surface area contributed by atoms with Crippen LogP contribution in [-0.4, -0.2) is 56.0 Å². The van der Waals surface area contributed by atoms with Gasteiger partial charge in [-0.05, 0) is 50.1 Å². The molecule has 0 unspecified atom stereocenters. The molecule has 0 saturated carbocycles. The van der Waals surface area contributed by atoms with Crippen molar-refractivity contribution < 1.29 is 19.0 Å². The zero-order valence-corrected chi connectivity index (χ0v) is 20.9. The molecular formula is C26H33ClN2O4. The number of fused-ring (bicyclic) bond motifs is 2. The minimum atomic E-state index is -0.630. The summed E-state index contributed by atoms with van der Waals surface area (Å²) in [7, 11) is 0. The molecule has 6 nitrogen and oxygen atoms in total. The second-order valence-corrected chi connectivity index (χ2v) is 10.5. The smallest absolute Gasteiger partial charge is 0.419 e. The molecule has 33 heavy (non-hydrogen) atoms. The minimum Gasteiger partial charge on any atom is -0.492 e. The summed E-state index contributed by atoms with van der Waals surface area (Å²) in [6.45, 7) is 14.7. The molecule has 1 fully saturated rings. The van der Waals surface area contributed by atoms with E-state index in [1.807, 2.05) is 57.2 Å². The predicted octanol–water partition coefficient (Wildman–Crippen LogP) is 5.76. The Kier molecular flexibility index (Phi) is 6.63. The van der Waals surface area contributed by atoms with Gasteiger partial charge in [-0.25, -0.2) is 9.69 Å². The van der Waals surface area contributed by atoms with Crippen LogP contribution in [0.25, 0.3) is 0 Å². The first kappa shape index (κ1) is 23.9. The van der Waals surface area contributed by atoms with Gasteiger partial charge in [0.15, 0.2) is 0 Å². The number of carbonyl (C=O) groups is 1. The average Bonchev–Trinajstić information content (AvgIpc) is 2.73. The highest BCUT2D eigenvalue weighted by molar-refractivity contribution is 6.31. The highest BCUT2D eigenvalue weighted by Crippen LogP contribution is 2.50. The van der Waals surface area contributed by atoms with Crippen LogP contribution in [0.1, 0.15) is 45.7 Å². The molecule has 2 aromatic rings. The Morgan fingerprint density at radius 2 is 1.70 bits per heavy atom. The molecule has 0 bridgehead atoms. The van der Waals surface area contributed by atoms with Crippen LogP contribution in [0.4, 0.5) is 16.2 Å². The summed E-state index contributed by atoms with van der Waals surface area (Å²) in [5, 5.41) is 0.569. The zero-order chi connectivity index (χ0) is 23.8. The number of anilines is 2. The number of morpholine rings is 1. The van der Waals surface area contributed by atoms with Crippen LogP contribution in [0.3, 0.4) is 0 Å². The van der Waals surface area contributed by atoms with Crippen molar-refractivity contribution in [1.82, 2.24) is 4.90 Å². The topological polar surface area (TPSA) is 51.2 Å². The van der Waals surface area contributed by atoms with Crippen LogP contribution in [0.2, 0.25) is 5.02 Å². The largest absolute Gasteiger partial charge is 0.492 e. The van der Waals surface area contributed by atoms with Crippen molar-refractivity contribution in [3.05, 3.63) is 52.5 Å². The number of hydrogen-bond acceptors (Lipinski definition) is 5. The van der Waals surface area contributed by atoms with Crippen LogP contribution >= 0.6 is 11.6 Å². The predicted molar refractivity (Wildman–Crippen MR) is 131 cm³/mol. The van der Waals surface area contributed by atoms with Crippen molar-refractivity contribution in [2.45, 2.75) is 45.6 Å². The van der Waals surface area contributed by atoms with Gasteiger partial charge in [-0.3, -0.25) is 4.90 Å². The van der Waals surface area contributed by atoms with Gasteiger partial charge >= 0.3 is 6.09 Å². The molecule has 2 aliphatic heterocycles. The minimum absolute atomic E-state index is 0.319. The van der Waals surface area contributed by atoms with Crippen molar-refractivity contribution in [1.29, 1.82) is 0 Å². The molecular weight excluding hydrogens is 440 g/mol. The Morgan fingerprint density at radius 3 is 2.36 bits per heavy atom. The van der Waals surface area contributed by atoms with Gasteiger partial charge in [0.05, 0.1) is 24.6 Å². The summed E-state index contributed by atoms with van der Waals surface area (Å²) in [4.78, 5) is 17.4. The third-order valence-electron chi connectivity index (χ3n) is 6.11. The van der Waals surface area contributed by atoms with E-state index >= 15 is 0 Å². The second kappa shape index (κ2) is 9.16. The molecule has 7 heteroatoms. The fraction of sp³-hybridized carbons (Fsp3) is 0.500. The summed E-state index contributed by atoms with van der Waals surface area (Å²) in [6, 6.07) is 11.7. The van der Waals surface area contributed by atoms with Gasteiger partial charge < -0.3 is 14.2 Å². The van der Waals surface area contributed by atoms with E-state index in [0.29, 0.717) is 11.6 Å². The van der Waals surface area contributed by atoms with E-state index in [4.69, 9.17) is 25.8 Å². The number of rotatable bonds is 4. The first-order valence-electron chi connectivity index (χ1n) is 11.5. The Bertz CT molecular complexity index is 1030. The SMILES string of the molecule is CC(C)(C)OC(=O)N1c2cc(Cl)ccc2C(C)(C)c2ccc(OCCN3CCOCC3)cc21. The van der Waals surface area contributed by atoms with Crippen molar-refractivity contribution in [2.24, 2.45) is 0 Å². The third-order valence-corrected chi connectivity index (χ3v) is 6.35. The molecule has 2 aromatic carbocycles. The number of benzene rings is 2. The highest BCUT2D eigenvalue weighted by Gasteiger charge is 2.40. The summed E-state index contributed by atoms with van der Waals surface area (Å²) in [6.07, 6.45) is -0.437. The molecule has 2 heterocycles. The zero-order valence-electron chi connectivity index (χ0n) is 20.1. The number of ether oxygens (including phenoxy) is 3. The fourth-order valence-electron chi connectivity index (χ4n) is 4.43. The van der Waals surface area contributed by atoms with Crippen LogP contribution < -0.4 is 9.64 Å². The molecule has 1 saturated heterocycles. The van der Waals surface area contributed by atoms with E-state index in [0.717, 1.165) is 61.1 Å². The summed E-state index contributed by atoms with van der Waals surface area (Å²) >= 11 is 6.36. The number of carbonyl (C=O) groups excluding carboxylic acids is 1. The fourth-order valence-corrected chi connectivity index (χ4v) is 4.60. The van der Waals surface area contributed by atoms with Gasteiger partial charge in [0.2, 0.25) is 0 Å². The molecule has 0 N–H and O–H groups in total. The van der Waals surface area contributed by atoms with Crippen molar-refractivity contribution >= 4 is 29.1 Å². The molecule has 1 amide bonds. The van der Waals surface area contributed by atoms with Crippen molar-refractivity contribution in [2.75, 3.05) is 44.4 Å². The normalized spacial score (nSPS) is 17.8. The summed E-state index contributed by atoms with van der Waals surface area (Å²) < 4.78 is 17.3. The molecule has 0 atom stereocenters. The Morgan fingerprint density at radius 1 is 1.06 bits per heavy atom. The molecule has 0 aromatic heterocycles. The first-order chi connectivity index (χ1) is 15.6. The van der Waals surface area contributed by atoms with Crippen molar-refractivity contribution in [3.63, 3.8) is 0 Å². The maximum atomic E-state index is 13.4. The molecule has 2 aliphatic rings. The maximum Gasteiger partial charge on any atom is 0.419 e. The van der Waals surface area contributed by atoms with Gasteiger partial charge in [0, 0.05) is 36.1 Å². The average molecular weight is 473 g/mol. The van der Waals surface area contributed by atoms with Gasteiger partial charge in [-0.15, -0.1) is 0 Å². The van der Waals surface area contributed by atoms with Gasteiger partial charge in [-0.2, -0.15) is 0 Å². The Hall–Kier alpha value is -2.28. The summed E-state index contributed by atoms with van der Waals surface area (Å²) in [5.74, 6) is 0.719. The standard InChI is InChI=1S/C26H33ClN2O4/c1-25(2,3)33-24(30)29-22-16-18(27)6-8-20(22)26(4,5)21-9-7-19(17-23(21)29)32-15-12-28-10-13-31-14-11-28/h6-9,16-17H,10-15H2,1-5H3.